The van der Waals surface area contributed by atoms with Crippen molar-refractivity contribution in [2.45, 2.75) is 75.3 Å². The van der Waals surface area contributed by atoms with E-state index >= 15 is 13.2 Å². The van der Waals surface area contributed by atoms with Gasteiger partial charge in [0.1, 0.15) is 6.04 Å². The zero-order valence-electron chi connectivity index (χ0n) is 34.6. The summed E-state index contributed by atoms with van der Waals surface area (Å²) in [5.74, 6) is -3.71. The van der Waals surface area contributed by atoms with Crippen LogP contribution in [0.25, 0.3) is 21.9 Å². The lowest BCUT2D eigenvalue weighted by molar-refractivity contribution is -0.135. The van der Waals surface area contributed by atoms with E-state index < -0.39 is 41.9 Å². The number of hydrogen-bond acceptors (Lipinski definition) is 11. The molecular formula is C44H49F3N10O5. The number of anilines is 4. The summed E-state index contributed by atoms with van der Waals surface area (Å²) in [5, 5.41) is 8.91. The van der Waals surface area contributed by atoms with E-state index in [0.717, 1.165) is 70.1 Å². The Kier molecular flexibility index (Phi) is 10.0. The molecule has 4 fully saturated rings. The molecule has 4 aliphatic heterocycles. The molecule has 2 aromatic carbocycles. The van der Waals surface area contributed by atoms with E-state index in [1.165, 1.54) is 14.7 Å². The quantitative estimate of drug-likeness (QED) is 0.177. The number of alkyl halides is 2. The molecule has 3 aromatic heterocycles. The second-order valence-corrected chi connectivity index (χ2v) is 17.7. The first-order valence-corrected chi connectivity index (χ1v) is 21.6. The van der Waals surface area contributed by atoms with Crippen LogP contribution in [0.1, 0.15) is 68.9 Å². The number of pyridine rings is 1. The molecule has 3 saturated heterocycles. The molecule has 15 nitrogen and oxygen atoms in total. The van der Waals surface area contributed by atoms with Gasteiger partial charge in [-0.15, -0.1) is 0 Å². The summed E-state index contributed by atoms with van der Waals surface area (Å²) in [6.07, 6.45) is 6.84. The predicted molar refractivity (Wildman–Crippen MR) is 227 cm³/mol. The van der Waals surface area contributed by atoms with Gasteiger partial charge in [-0.3, -0.25) is 28.8 Å². The fourth-order valence-corrected chi connectivity index (χ4v) is 10.0. The number of piperidine rings is 3. The maximum absolute atomic E-state index is 15.3. The number of nitrogens with zero attached hydrogens (tertiary/aromatic N) is 7. The first kappa shape index (κ1) is 40.2. The number of rotatable bonds is 8. The lowest BCUT2D eigenvalue weighted by atomic mass is 9.88. The van der Waals surface area contributed by atoms with Gasteiger partial charge in [0.05, 0.1) is 34.5 Å². The molecule has 326 valence electrons. The van der Waals surface area contributed by atoms with Crippen molar-refractivity contribution in [1.82, 2.24) is 33.9 Å². The molecule has 2 unspecified atom stereocenters. The average Bonchev–Trinajstić information content (AvgIpc) is 4.09. The van der Waals surface area contributed by atoms with Crippen molar-refractivity contribution in [2.24, 2.45) is 25.9 Å². The Morgan fingerprint density at radius 3 is 2.39 bits per heavy atom. The minimum absolute atomic E-state index is 0.0184. The number of imide groups is 1. The van der Waals surface area contributed by atoms with Crippen molar-refractivity contribution >= 4 is 56.9 Å². The normalized spacial score (nSPS) is 22.6. The van der Waals surface area contributed by atoms with E-state index in [1.807, 2.05) is 6.07 Å². The van der Waals surface area contributed by atoms with Crippen LogP contribution >= 0.6 is 0 Å². The zero-order chi connectivity index (χ0) is 43.0. The number of fused-ring (bicyclic) bond motifs is 4. The first-order chi connectivity index (χ1) is 29.8. The SMILES string of the molecule is Cn1c(=O)c2c(c3cc(Nc4nc(N5CCC(CN6CCC(c7ccc8c(c7)n(C)c(=O)n8C7CCC(=O)NC7=O)CC6)CC5)ncc4F)ccc31)NC(C1CC1)C(F)(F)CO2. The molecule has 0 spiro atoms. The molecule has 10 rings (SSSR count). The van der Waals surface area contributed by atoms with E-state index in [9.17, 15) is 19.2 Å². The van der Waals surface area contributed by atoms with Gasteiger partial charge in [0.15, 0.2) is 18.2 Å². The number of imidazole rings is 1. The van der Waals surface area contributed by atoms with Gasteiger partial charge in [-0.25, -0.2) is 22.9 Å². The van der Waals surface area contributed by atoms with Crippen LogP contribution in [0, 0.1) is 17.7 Å². The minimum atomic E-state index is -3.17. The van der Waals surface area contributed by atoms with Crippen LogP contribution < -0.4 is 36.8 Å². The summed E-state index contributed by atoms with van der Waals surface area (Å²) in [6, 6.07) is 9.29. The zero-order valence-corrected chi connectivity index (χ0v) is 34.6. The van der Waals surface area contributed by atoms with Gasteiger partial charge in [0.2, 0.25) is 23.5 Å². The molecule has 5 aromatic rings. The van der Waals surface area contributed by atoms with Gasteiger partial charge in [-0.05, 0) is 112 Å². The highest BCUT2D eigenvalue weighted by atomic mass is 19.3. The maximum Gasteiger partial charge on any atom is 0.329 e. The van der Waals surface area contributed by atoms with Crippen molar-refractivity contribution in [3.63, 3.8) is 0 Å². The summed E-state index contributed by atoms with van der Waals surface area (Å²) < 4.78 is 55.5. The largest absolute Gasteiger partial charge is 0.480 e. The number of aryl methyl sites for hydroxylation is 2. The Labute approximate surface area is 354 Å². The second-order valence-electron chi connectivity index (χ2n) is 17.7. The van der Waals surface area contributed by atoms with Crippen LogP contribution in [-0.4, -0.2) is 91.7 Å². The molecule has 2 amide bonds. The van der Waals surface area contributed by atoms with E-state index in [2.05, 4.69) is 47.9 Å². The molecule has 1 saturated carbocycles. The van der Waals surface area contributed by atoms with Crippen molar-refractivity contribution < 1.29 is 27.5 Å². The van der Waals surface area contributed by atoms with Crippen LogP contribution in [0.3, 0.4) is 0 Å². The molecular weight excluding hydrogens is 806 g/mol. The molecule has 0 radical (unpaired) electrons. The van der Waals surface area contributed by atoms with Crippen molar-refractivity contribution in [3.05, 3.63) is 74.8 Å². The molecule has 0 bridgehead atoms. The summed E-state index contributed by atoms with van der Waals surface area (Å²) in [4.78, 5) is 64.3. The lowest BCUT2D eigenvalue weighted by Crippen LogP contribution is -2.44. The van der Waals surface area contributed by atoms with Crippen LogP contribution in [0.2, 0.25) is 0 Å². The van der Waals surface area contributed by atoms with Crippen LogP contribution in [-0.2, 0) is 23.7 Å². The van der Waals surface area contributed by atoms with Gasteiger partial charge in [0, 0.05) is 51.2 Å². The van der Waals surface area contributed by atoms with Crippen LogP contribution in [0.4, 0.5) is 36.3 Å². The number of ether oxygens (including phenoxy) is 1. The Hall–Kier alpha value is -5.91. The Morgan fingerprint density at radius 1 is 0.887 bits per heavy atom. The number of carbonyl (C=O) groups is 2. The van der Waals surface area contributed by atoms with Crippen LogP contribution in [0.15, 0.2) is 52.2 Å². The number of nitrogens with one attached hydrogen (secondary N) is 3. The minimum Gasteiger partial charge on any atom is -0.480 e. The van der Waals surface area contributed by atoms with Crippen molar-refractivity contribution in [2.75, 3.05) is 54.9 Å². The number of likely N-dealkylation sites (tertiary alicyclic amines) is 1. The van der Waals surface area contributed by atoms with E-state index in [-0.39, 0.29) is 41.2 Å². The number of aromatic nitrogens is 5. The van der Waals surface area contributed by atoms with E-state index in [4.69, 9.17) is 4.74 Å². The van der Waals surface area contributed by atoms with E-state index in [1.54, 1.807) is 36.9 Å². The highest BCUT2D eigenvalue weighted by Gasteiger charge is 2.51. The monoisotopic (exact) mass is 854 g/mol. The lowest BCUT2D eigenvalue weighted by Gasteiger charge is -2.38. The van der Waals surface area contributed by atoms with Gasteiger partial charge in [0.25, 0.3) is 5.56 Å². The summed E-state index contributed by atoms with van der Waals surface area (Å²) in [6.45, 7) is 3.45. The van der Waals surface area contributed by atoms with Crippen molar-refractivity contribution in [1.29, 1.82) is 0 Å². The fourth-order valence-electron chi connectivity index (χ4n) is 10.0. The summed E-state index contributed by atoms with van der Waals surface area (Å²) >= 11 is 0. The average molecular weight is 855 g/mol. The fraction of sp³-hybridized carbons (Fsp3) is 0.500. The molecule has 3 N–H and O–H groups in total. The summed E-state index contributed by atoms with van der Waals surface area (Å²) in [7, 11) is 3.29. The molecule has 18 heteroatoms. The third kappa shape index (κ3) is 7.24. The number of benzene rings is 2. The highest BCUT2D eigenvalue weighted by molar-refractivity contribution is 6.00. The number of amides is 2. The van der Waals surface area contributed by atoms with Crippen LogP contribution in [0.5, 0.6) is 5.75 Å². The number of carbonyl (C=O) groups excluding carboxylic acids is 2. The third-order valence-electron chi connectivity index (χ3n) is 13.7. The van der Waals surface area contributed by atoms with E-state index in [0.29, 0.717) is 59.2 Å². The molecule has 7 heterocycles. The van der Waals surface area contributed by atoms with Gasteiger partial charge >= 0.3 is 11.6 Å². The Morgan fingerprint density at radius 2 is 1.65 bits per heavy atom. The molecule has 62 heavy (non-hydrogen) atoms. The molecule has 1 aliphatic carbocycles. The molecule has 5 aliphatic rings. The van der Waals surface area contributed by atoms with Crippen molar-refractivity contribution in [3.8, 4) is 5.75 Å². The Balaban J connectivity index is 0.768. The van der Waals surface area contributed by atoms with Gasteiger partial charge in [-0.1, -0.05) is 6.07 Å². The number of halogens is 3. The first-order valence-electron chi connectivity index (χ1n) is 21.6. The third-order valence-corrected chi connectivity index (χ3v) is 13.7. The topological polar surface area (TPSA) is 161 Å². The predicted octanol–water partition coefficient (Wildman–Crippen LogP) is 5.16. The second kappa shape index (κ2) is 15.5. The summed E-state index contributed by atoms with van der Waals surface area (Å²) in [5.41, 5.74) is 3.05. The van der Waals surface area contributed by atoms with Gasteiger partial charge < -0.3 is 29.7 Å². The number of hydrogen-bond donors (Lipinski definition) is 3. The Bertz CT molecular complexity index is 2730. The maximum atomic E-state index is 15.3. The van der Waals surface area contributed by atoms with Gasteiger partial charge in [-0.2, -0.15) is 4.98 Å². The highest BCUT2D eigenvalue weighted by Crippen LogP contribution is 2.46. The smallest absolute Gasteiger partial charge is 0.329 e. The standard InChI is InChI=1S/C44H49F3N10O5/c1-53-31-8-6-28(20-29(31)36-37(41(53)60)62-23-44(46,47)38(51-36)26-3-4-26)49-39-30(45)21-48-42(52-39)56-17-11-24(12-18-56)22-55-15-13-25(14-16-55)27-5-7-32-34(19-27)54(2)43(61)57(32)33-9-10-35(58)50-40(33)59/h5-8,19-21,24-26,33,38,51H,3-4,9-18,22-23H2,1-2H3,(H,48,49,52)(H,50,58,59). The molecule has 2 atom stereocenters.